The summed E-state index contributed by atoms with van der Waals surface area (Å²) in [7, 11) is 3.20. The normalized spacial score (nSPS) is 24.5. The second-order valence-corrected chi connectivity index (χ2v) is 13.7. The molecule has 9 heteroatoms. The molecule has 2 amide bonds. The predicted molar refractivity (Wildman–Crippen MR) is 168 cm³/mol. The number of benzene rings is 2. The fourth-order valence-corrected chi connectivity index (χ4v) is 7.78. The van der Waals surface area contributed by atoms with Crippen LogP contribution in [-0.2, 0) is 27.3 Å². The Morgan fingerprint density at radius 3 is 2.05 bits per heavy atom. The number of ether oxygens (including phenoxy) is 2. The van der Waals surface area contributed by atoms with E-state index in [4.69, 9.17) is 14.3 Å². The Balaban J connectivity index is 0.000000159. The second-order valence-electron chi connectivity index (χ2n) is 13.7. The van der Waals surface area contributed by atoms with Crippen molar-refractivity contribution in [2.45, 2.75) is 72.1 Å². The first-order valence-corrected chi connectivity index (χ1v) is 15.5. The number of nitrogens with zero attached hydrogens (tertiary/aromatic N) is 2. The van der Waals surface area contributed by atoms with Crippen molar-refractivity contribution < 1.29 is 23.9 Å². The number of rotatable bonds is 6. The van der Waals surface area contributed by atoms with Crippen LogP contribution in [0.3, 0.4) is 0 Å². The summed E-state index contributed by atoms with van der Waals surface area (Å²) in [4.78, 5) is 36.6. The van der Waals surface area contributed by atoms with Gasteiger partial charge in [0.2, 0.25) is 17.8 Å². The van der Waals surface area contributed by atoms with Crippen molar-refractivity contribution in [2.75, 3.05) is 32.7 Å². The van der Waals surface area contributed by atoms with Gasteiger partial charge < -0.3 is 14.5 Å². The number of aryl methyl sites for hydroxylation is 1. The third kappa shape index (κ3) is 5.05. The van der Waals surface area contributed by atoms with Crippen LogP contribution in [0.15, 0.2) is 36.4 Å². The molecule has 234 valence electrons. The number of anilines is 1. The van der Waals surface area contributed by atoms with E-state index in [-0.39, 0.29) is 34.5 Å². The summed E-state index contributed by atoms with van der Waals surface area (Å²) in [5.41, 5.74) is 7.51. The smallest absolute Gasteiger partial charge is 0.250 e. The molecule has 0 saturated heterocycles. The molecule has 2 aliphatic carbocycles. The number of aromatic amines is 1. The number of imidazole rings is 1. The Hall–Kier alpha value is -3.85. The van der Waals surface area contributed by atoms with Crippen molar-refractivity contribution in [1.82, 2.24) is 15.0 Å². The molecule has 9 nitrogen and oxygen atoms in total. The molecule has 3 heterocycles. The molecule has 7 rings (SSSR count). The van der Waals surface area contributed by atoms with E-state index in [0.717, 1.165) is 48.9 Å². The summed E-state index contributed by atoms with van der Waals surface area (Å²) in [5, 5.41) is 4.09. The van der Waals surface area contributed by atoms with Crippen molar-refractivity contribution >= 4 is 17.8 Å². The molecule has 2 saturated carbocycles. The van der Waals surface area contributed by atoms with E-state index in [1.807, 2.05) is 19.1 Å². The largest absolute Gasteiger partial charge is 0.493 e. The summed E-state index contributed by atoms with van der Waals surface area (Å²) < 4.78 is 11.4. The van der Waals surface area contributed by atoms with Gasteiger partial charge in [-0.25, -0.2) is 10.0 Å². The number of aromatic nitrogens is 2. The number of carbonyl (C=O) groups excluding carboxylic acids is 2. The summed E-state index contributed by atoms with van der Waals surface area (Å²) in [5.74, 6) is 3.52. The van der Waals surface area contributed by atoms with E-state index in [9.17, 15) is 9.59 Å². The number of carbonyl (C=O) groups is 2. The predicted octanol–water partition coefficient (Wildman–Crippen LogP) is 5.90. The molecular formula is C35H44N4O5. The first-order valence-electron chi connectivity index (χ1n) is 15.5. The van der Waals surface area contributed by atoms with Crippen molar-refractivity contribution in [3.8, 4) is 11.5 Å². The lowest BCUT2D eigenvalue weighted by atomic mass is 9.96. The van der Waals surface area contributed by atoms with Crippen LogP contribution in [0.25, 0.3) is 0 Å². The molecule has 2 aromatic carbocycles. The van der Waals surface area contributed by atoms with Gasteiger partial charge in [-0.2, -0.15) is 0 Å². The standard InChI is InChI=1S/C19H23N3O2.C16H21NO3/c1-10-17(22-18(20-10)21-11(2)23)16-15(19(16,3)4)13-6-5-7-14-12(13)8-9-24-14;1-16(2)13(14(16)15(18)17(3)19-4)11-6-5-7-12-10(11)8-9-20-12/h5-7,15-16H,8-9H2,1-4H3,(H2,20,21,22,23);5-7,13-14H,8-9H2,1-4H3/t15?,16-;13?,14-/m00/s1. The quantitative estimate of drug-likeness (QED) is 0.342. The molecule has 2 aliphatic heterocycles. The minimum atomic E-state index is -0.111. The number of fused-ring (bicyclic) bond motifs is 2. The fraction of sp³-hybridized carbons (Fsp3) is 0.514. The molecular weight excluding hydrogens is 556 g/mol. The highest BCUT2D eigenvalue weighted by atomic mass is 16.7. The van der Waals surface area contributed by atoms with Crippen LogP contribution in [0.4, 0.5) is 5.95 Å². The fourth-order valence-electron chi connectivity index (χ4n) is 7.78. The molecule has 2 fully saturated rings. The summed E-state index contributed by atoms with van der Waals surface area (Å²) in [6.45, 7) is 13.9. The minimum absolute atomic E-state index is 0.0143. The van der Waals surface area contributed by atoms with Gasteiger partial charge in [0.1, 0.15) is 11.5 Å². The molecule has 3 aromatic rings. The number of H-pyrrole nitrogens is 1. The SMILES string of the molecule is CC(=O)Nc1nc([C@@H]2C(c3cccc4c3CCO4)C2(C)C)c(C)[nH]1.CON(C)C(=O)[C@@H]1C(c2cccc3c2CCO3)C1(C)C. The molecule has 4 aliphatic rings. The molecule has 0 spiro atoms. The zero-order chi connectivity index (χ0) is 31.6. The lowest BCUT2D eigenvalue weighted by Gasteiger charge is -2.14. The van der Waals surface area contributed by atoms with Gasteiger partial charge >= 0.3 is 0 Å². The highest BCUT2D eigenvalue weighted by Gasteiger charge is 2.64. The van der Waals surface area contributed by atoms with Gasteiger partial charge in [0.25, 0.3) is 0 Å². The van der Waals surface area contributed by atoms with Crippen LogP contribution < -0.4 is 14.8 Å². The summed E-state index contributed by atoms with van der Waals surface area (Å²) in [6.07, 6.45) is 1.93. The maximum absolute atomic E-state index is 12.4. The van der Waals surface area contributed by atoms with Crippen LogP contribution in [0.5, 0.6) is 11.5 Å². The Morgan fingerprint density at radius 1 is 0.932 bits per heavy atom. The maximum Gasteiger partial charge on any atom is 0.250 e. The average molecular weight is 601 g/mol. The summed E-state index contributed by atoms with van der Waals surface area (Å²) >= 11 is 0. The van der Waals surface area contributed by atoms with Crippen molar-refractivity contribution in [3.05, 3.63) is 70.0 Å². The van der Waals surface area contributed by atoms with Crippen molar-refractivity contribution in [3.63, 3.8) is 0 Å². The van der Waals surface area contributed by atoms with Crippen molar-refractivity contribution in [1.29, 1.82) is 0 Å². The van der Waals surface area contributed by atoms with Gasteiger partial charge in [-0.15, -0.1) is 0 Å². The van der Waals surface area contributed by atoms with Gasteiger partial charge in [0.15, 0.2) is 0 Å². The monoisotopic (exact) mass is 600 g/mol. The molecule has 2 unspecified atom stereocenters. The highest BCUT2D eigenvalue weighted by molar-refractivity contribution is 5.86. The Morgan fingerprint density at radius 2 is 1.50 bits per heavy atom. The van der Waals surface area contributed by atoms with Gasteiger partial charge in [-0.3, -0.25) is 19.7 Å². The van der Waals surface area contributed by atoms with Crippen LogP contribution in [0.1, 0.15) is 86.0 Å². The number of hydroxylamine groups is 2. The van der Waals surface area contributed by atoms with Crippen molar-refractivity contribution in [2.24, 2.45) is 16.7 Å². The topological polar surface area (TPSA) is 106 Å². The van der Waals surface area contributed by atoms with E-state index in [0.29, 0.717) is 17.8 Å². The first kappa shape index (κ1) is 30.2. The van der Waals surface area contributed by atoms with Crippen LogP contribution in [0.2, 0.25) is 0 Å². The van der Waals surface area contributed by atoms with E-state index >= 15 is 0 Å². The van der Waals surface area contributed by atoms with E-state index in [1.165, 1.54) is 41.4 Å². The number of nitrogens with one attached hydrogen (secondary N) is 2. The zero-order valence-electron chi connectivity index (χ0n) is 27.0. The second kappa shape index (κ2) is 10.9. The summed E-state index contributed by atoms with van der Waals surface area (Å²) in [6, 6.07) is 12.6. The van der Waals surface area contributed by atoms with Crippen LogP contribution >= 0.6 is 0 Å². The van der Waals surface area contributed by atoms with E-state index in [1.54, 1.807) is 7.05 Å². The first-order chi connectivity index (χ1) is 20.9. The number of hydrogen-bond donors (Lipinski definition) is 2. The van der Waals surface area contributed by atoms with Gasteiger partial charge in [-0.05, 0) is 46.9 Å². The third-order valence-electron chi connectivity index (χ3n) is 10.2. The Bertz CT molecular complexity index is 1610. The molecule has 0 bridgehead atoms. The molecule has 0 radical (unpaired) electrons. The van der Waals surface area contributed by atoms with Crippen LogP contribution in [-0.4, -0.2) is 54.2 Å². The average Bonchev–Trinajstić information content (AvgIpc) is 3.42. The van der Waals surface area contributed by atoms with Gasteiger partial charge in [0, 0.05) is 55.5 Å². The van der Waals surface area contributed by atoms with Gasteiger partial charge in [0.05, 0.1) is 31.9 Å². The van der Waals surface area contributed by atoms with Crippen LogP contribution in [0, 0.1) is 23.7 Å². The number of amides is 2. The van der Waals surface area contributed by atoms with E-state index in [2.05, 4.69) is 67.2 Å². The number of hydrogen-bond acceptors (Lipinski definition) is 6. The lowest BCUT2D eigenvalue weighted by Crippen LogP contribution is -2.28. The molecule has 44 heavy (non-hydrogen) atoms. The third-order valence-corrected chi connectivity index (χ3v) is 10.2. The Kier molecular flexibility index (Phi) is 7.51. The Labute approximate surface area is 259 Å². The molecule has 2 N–H and O–H groups in total. The molecule has 1 aromatic heterocycles. The highest BCUT2D eigenvalue weighted by Crippen LogP contribution is 2.71. The minimum Gasteiger partial charge on any atom is -0.493 e. The van der Waals surface area contributed by atoms with E-state index < -0.39 is 0 Å². The zero-order valence-corrected chi connectivity index (χ0v) is 27.0. The van der Waals surface area contributed by atoms with Gasteiger partial charge in [-0.1, -0.05) is 52.0 Å². The maximum atomic E-state index is 12.4. The molecule has 4 atom stereocenters. The lowest BCUT2D eigenvalue weighted by molar-refractivity contribution is -0.171.